The van der Waals surface area contributed by atoms with Gasteiger partial charge < -0.3 is 0 Å². The molecule has 0 amide bonds. The normalized spacial score (nSPS) is 11.9. The molecule has 4 heterocycles. The zero-order chi connectivity index (χ0) is 40.7. The van der Waals surface area contributed by atoms with Gasteiger partial charge in [0.1, 0.15) is 0 Å². The van der Waals surface area contributed by atoms with Crippen molar-refractivity contribution in [1.29, 1.82) is 0 Å². The van der Waals surface area contributed by atoms with E-state index in [1.54, 1.807) is 22.7 Å². The van der Waals surface area contributed by atoms with Crippen molar-refractivity contribution in [3.8, 4) is 56.8 Å². The van der Waals surface area contributed by atoms with E-state index in [4.69, 9.17) is 24.9 Å². The standard InChI is InChI=1S/C55H31N5S2/c1-3-15-32(16-4-1)52-56-48-40-23-11-12-27-45(40)61-51(48)49(57-52)43-26-13-24-41-47-42(25-14-28-46(47)62-50(41)43)55-59-53(33-17-5-2-6-18-33)58-54(60-55)34-29-30-39-37-21-8-7-19-35(37)36-20-9-10-22-38(36)44(39)31-34/h1-31H. The summed E-state index contributed by atoms with van der Waals surface area (Å²) in [4.78, 5) is 26.3. The second-order valence-electron chi connectivity index (χ2n) is 15.5. The summed E-state index contributed by atoms with van der Waals surface area (Å²) in [6, 6.07) is 66.1. The minimum atomic E-state index is 0.631. The van der Waals surface area contributed by atoms with Gasteiger partial charge in [0.05, 0.1) is 15.9 Å². The number of thiophene rings is 2. The molecule has 62 heavy (non-hydrogen) atoms. The number of hydrogen-bond donors (Lipinski definition) is 0. The van der Waals surface area contributed by atoms with Gasteiger partial charge in [-0.25, -0.2) is 24.9 Å². The molecule has 13 rings (SSSR count). The number of nitrogens with zero attached hydrogens (tertiary/aromatic N) is 5. The van der Waals surface area contributed by atoms with Crippen molar-refractivity contribution in [1.82, 2.24) is 24.9 Å². The van der Waals surface area contributed by atoms with Crippen LogP contribution >= 0.6 is 22.7 Å². The molecule has 7 heteroatoms. The van der Waals surface area contributed by atoms with Crippen LogP contribution in [-0.4, -0.2) is 24.9 Å². The Morgan fingerprint density at radius 2 is 0.790 bits per heavy atom. The van der Waals surface area contributed by atoms with E-state index < -0.39 is 0 Å². The van der Waals surface area contributed by atoms with Gasteiger partial charge in [0.2, 0.25) is 0 Å². The summed E-state index contributed by atoms with van der Waals surface area (Å²) in [5.74, 6) is 2.62. The predicted molar refractivity (Wildman–Crippen MR) is 261 cm³/mol. The van der Waals surface area contributed by atoms with E-state index >= 15 is 0 Å². The number of benzene rings is 9. The second-order valence-corrected chi connectivity index (χ2v) is 17.6. The quantitative estimate of drug-likeness (QED) is 0.162. The number of hydrogen-bond acceptors (Lipinski definition) is 7. The fourth-order valence-corrected chi connectivity index (χ4v) is 11.5. The minimum absolute atomic E-state index is 0.631. The SMILES string of the molecule is c1ccc(-c2nc(-c3ccc4c5ccccc5c5ccccc5c4c3)nc(-c3cccc4sc5c(-c6nc(-c7ccccc7)nc7c6sc6ccccc67)cccc5c34)n2)cc1. The van der Waals surface area contributed by atoms with Crippen molar-refractivity contribution >= 4 is 95.5 Å². The molecule has 0 saturated carbocycles. The molecule has 0 aliphatic heterocycles. The van der Waals surface area contributed by atoms with Crippen molar-refractivity contribution in [2.24, 2.45) is 0 Å². The molecule has 288 valence electrons. The predicted octanol–water partition coefficient (Wildman–Crippen LogP) is 15.2. The van der Waals surface area contributed by atoms with E-state index in [9.17, 15) is 0 Å². The van der Waals surface area contributed by atoms with Crippen LogP contribution in [0.5, 0.6) is 0 Å². The van der Waals surface area contributed by atoms with Crippen molar-refractivity contribution < 1.29 is 0 Å². The lowest BCUT2D eigenvalue weighted by Gasteiger charge is -2.13. The summed E-state index contributed by atoms with van der Waals surface area (Å²) in [7, 11) is 0. The molecule has 0 fully saturated rings. The minimum Gasteiger partial charge on any atom is -0.226 e. The highest BCUT2D eigenvalue weighted by Crippen LogP contribution is 2.47. The first-order chi connectivity index (χ1) is 30.7. The largest absolute Gasteiger partial charge is 0.226 e. The van der Waals surface area contributed by atoms with Gasteiger partial charge in [-0.2, -0.15) is 0 Å². The fraction of sp³-hybridized carbons (Fsp3) is 0. The Morgan fingerprint density at radius 3 is 1.50 bits per heavy atom. The smallest absolute Gasteiger partial charge is 0.164 e. The molecule has 5 nitrogen and oxygen atoms in total. The molecule has 0 atom stereocenters. The van der Waals surface area contributed by atoms with E-state index in [0.29, 0.717) is 17.5 Å². The summed E-state index contributed by atoms with van der Waals surface area (Å²) < 4.78 is 4.60. The molecular weight excluding hydrogens is 795 g/mol. The number of rotatable bonds is 5. The third kappa shape index (κ3) is 5.49. The van der Waals surface area contributed by atoms with Gasteiger partial charge in [0, 0.05) is 58.1 Å². The molecule has 0 saturated heterocycles. The molecule has 0 unspecified atom stereocenters. The van der Waals surface area contributed by atoms with Crippen LogP contribution < -0.4 is 0 Å². The van der Waals surface area contributed by atoms with Crippen LogP contribution in [0.4, 0.5) is 0 Å². The highest BCUT2D eigenvalue weighted by molar-refractivity contribution is 7.27. The summed E-state index contributed by atoms with van der Waals surface area (Å²) >= 11 is 3.54. The van der Waals surface area contributed by atoms with E-state index in [-0.39, 0.29) is 0 Å². The molecule has 13 aromatic rings. The molecule has 0 spiro atoms. The molecule has 0 radical (unpaired) electrons. The van der Waals surface area contributed by atoms with Crippen molar-refractivity contribution in [2.45, 2.75) is 0 Å². The lowest BCUT2D eigenvalue weighted by Crippen LogP contribution is -2.00. The summed E-state index contributed by atoms with van der Waals surface area (Å²) in [6.45, 7) is 0. The van der Waals surface area contributed by atoms with Crippen LogP contribution in [0.25, 0.3) is 130 Å². The highest BCUT2D eigenvalue weighted by Gasteiger charge is 2.22. The van der Waals surface area contributed by atoms with Crippen LogP contribution in [0, 0.1) is 0 Å². The third-order valence-electron chi connectivity index (χ3n) is 11.9. The average molecular weight is 826 g/mol. The zero-order valence-corrected chi connectivity index (χ0v) is 34.6. The van der Waals surface area contributed by atoms with Gasteiger partial charge in [0.15, 0.2) is 23.3 Å². The Morgan fingerprint density at radius 1 is 0.290 bits per heavy atom. The van der Waals surface area contributed by atoms with Crippen LogP contribution in [0.3, 0.4) is 0 Å². The average Bonchev–Trinajstić information content (AvgIpc) is 3.93. The van der Waals surface area contributed by atoms with Crippen LogP contribution in [0.15, 0.2) is 188 Å². The summed E-state index contributed by atoms with van der Waals surface area (Å²) in [5.41, 5.74) is 6.84. The Hall–Kier alpha value is -7.71. The number of aromatic nitrogens is 5. The third-order valence-corrected chi connectivity index (χ3v) is 14.3. The molecule has 0 aliphatic rings. The van der Waals surface area contributed by atoms with Crippen LogP contribution in [0.1, 0.15) is 0 Å². The van der Waals surface area contributed by atoms with Crippen LogP contribution in [0.2, 0.25) is 0 Å². The maximum Gasteiger partial charge on any atom is 0.164 e. The van der Waals surface area contributed by atoms with Gasteiger partial charge in [0.25, 0.3) is 0 Å². The first kappa shape index (κ1) is 35.1. The highest BCUT2D eigenvalue weighted by atomic mass is 32.1. The lowest BCUT2D eigenvalue weighted by atomic mass is 9.93. The Labute approximate surface area is 363 Å². The molecular formula is C55H31N5S2. The first-order valence-electron chi connectivity index (χ1n) is 20.6. The first-order valence-corrected chi connectivity index (χ1v) is 22.2. The molecule has 0 N–H and O–H groups in total. The topological polar surface area (TPSA) is 64.5 Å². The molecule has 4 aromatic heterocycles. The van der Waals surface area contributed by atoms with Gasteiger partial charge in [-0.3, -0.25) is 0 Å². The van der Waals surface area contributed by atoms with Gasteiger partial charge in [-0.05, 0) is 50.5 Å². The van der Waals surface area contributed by atoms with E-state index in [1.807, 2.05) is 36.4 Å². The van der Waals surface area contributed by atoms with Gasteiger partial charge in [-0.1, -0.05) is 170 Å². The van der Waals surface area contributed by atoms with E-state index in [0.717, 1.165) is 75.1 Å². The summed E-state index contributed by atoms with van der Waals surface area (Å²) in [5, 5.41) is 10.7. The van der Waals surface area contributed by atoms with Crippen LogP contribution in [-0.2, 0) is 0 Å². The Balaban J connectivity index is 1.04. The molecule has 0 bridgehead atoms. The maximum absolute atomic E-state index is 5.36. The van der Waals surface area contributed by atoms with Crippen molar-refractivity contribution in [3.63, 3.8) is 0 Å². The second kappa shape index (κ2) is 13.9. The lowest BCUT2D eigenvalue weighted by molar-refractivity contribution is 1.08. The van der Waals surface area contributed by atoms with E-state index in [2.05, 4.69) is 152 Å². The molecule has 9 aromatic carbocycles. The zero-order valence-electron chi connectivity index (χ0n) is 33.0. The Bertz CT molecular complexity index is 3900. The van der Waals surface area contributed by atoms with E-state index in [1.165, 1.54) is 37.0 Å². The molecule has 0 aliphatic carbocycles. The summed E-state index contributed by atoms with van der Waals surface area (Å²) in [6.07, 6.45) is 0. The van der Waals surface area contributed by atoms with Crippen molar-refractivity contribution in [2.75, 3.05) is 0 Å². The van der Waals surface area contributed by atoms with Crippen molar-refractivity contribution in [3.05, 3.63) is 188 Å². The van der Waals surface area contributed by atoms with Gasteiger partial charge >= 0.3 is 0 Å². The van der Waals surface area contributed by atoms with Gasteiger partial charge in [-0.15, -0.1) is 22.7 Å². The monoisotopic (exact) mass is 825 g/mol. The number of fused-ring (bicyclic) bond motifs is 12. The maximum atomic E-state index is 5.36. The fourth-order valence-electron chi connectivity index (χ4n) is 9.10. The Kier molecular flexibility index (Phi) is 7.88.